The molecule has 1 fully saturated rings. The number of aromatic hydroxyl groups is 1. The number of carbonyl (C=O) groups excluding carboxylic acids is 6. The van der Waals surface area contributed by atoms with E-state index in [1.807, 2.05) is 38.1 Å². The lowest BCUT2D eigenvalue weighted by Crippen LogP contribution is -2.59. The highest BCUT2D eigenvalue weighted by molar-refractivity contribution is 5.97. The van der Waals surface area contributed by atoms with E-state index < -0.39 is 72.2 Å². The van der Waals surface area contributed by atoms with Gasteiger partial charge in [-0.15, -0.1) is 0 Å². The van der Waals surface area contributed by atoms with Crippen molar-refractivity contribution in [2.24, 2.45) is 33.8 Å². The minimum atomic E-state index is -1.16. The van der Waals surface area contributed by atoms with Gasteiger partial charge in [0.1, 0.15) is 29.9 Å². The molecule has 18 nitrogen and oxygen atoms in total. The van der Waals surface area contributed by atoms with Gasteiger partial charge in [0.15, 0.2) is 5.96 Å². The van der Waals surface area contributed by atoms with Crippen LogP contribution in [0.15, 0.2) is 59.7 Å². The van der Waals surface area contributed by atoms with Gasteiger partial charge in [-0.05, 0) is 73.8 Å². The van der Waals surface area contributed by atoms with Gasteiger partial charge in [-0.1, -0.05) is 44.2 Å². The third-order valence-electron chi connectivity index (χ3n) is 9.64. The summed E-state index contributed by atoms with van der Waals surface area (Å²) in [4.78, 5) is 88.6. The van der Waals surface area contributed by atoms with Crippen molar-refractivity contribution >= 4 is 52.3 Å². The van der Waals surface area contributed by atoms with Crippen LogP contribution in [0, 0.1) is 5.92 Å². The number of aromatic amines is 1. The third kappa shape index (κ3) is 12.9. The van der Waals surface area contributed by atoms with E-state index in [2.05, 4.69) is 31.2 Å². The molecule has 0 aliphatic carbocycles. The van der Waals surface area contributed by atoms with Crippen LogP contribution in [0.1, 0.15) is 57.1 Å². The van der Waals surface area contributed by atoms with Crippen LogP contribution < -0.4 is 44.2 Å². The number of hydrogen-bond donors (Lipinski definition) is 10. The van der Waals surface area contributed by atoms with E-state index in [4.69, 9.17) is 22.9 Å². The normalized spacial score (nSPS) is 15.9. The number of guanidine groups is 1. The Kier molecular flexibility index (Phi) is 15.8. The molecule has 0 radical (unpaired) electrons. The van der Waals surface area contributed by atoms with Crippen LogP contribution in [0.25, 0.3) is 10.9 Å². The van der Waals surface area contributed by atoms with E-state index in [1.54, 1.807) is 18.3 Å². The molecule has 14 N–H and O–H groups in total. The molecule has 0 spiro atoms. The molecule has 1 aliphatic rings. The Hall–Kier alpha value is -6.17. The average Bonchev–Trinajstić information content (AvgIpc) is 3.82. The van der Waals surface area contributed by atoms with Crippen molar-refractivity contribution in [3.05, 3.63) is 65.9 Å². The van der Waals surface area contributed by atoms with Crippen LogP contribution in [-0.4, -0.2) is 106 Å². The van der Waals surface area contributed by atoms with E-state index in [0.717, 1.165) is 16.5 Å². The fourth-order valence-electron chi connectivity index (χ4n) is 6.79. The SMILES string of the molecule is CC(C)C[C@H](NC(=O)[C@@H](Cc1c[nH]c2ccccc12)NC(=O)[C@@H](N)Cc1ccc(O)cc1)C(=O)N[C@@H](CCCN=C(N)N)C(=O)N1CCC[C@H]1C(=O)NCC(N)=O. The number of nitrogens with zero attached hydrogens (tertiary/aromatic N) is 2. The fraction of sp³-hybridized carbons (Fsp3) is 0.462. The first-order valence-corrected chi connectivity index (χ1v) is 19.0. The lowest BCUT2D eigenvalue weighted by atomic mass is 9.99. The number of phenolic OH excluding ortho intramolecular Hbond substituents is 1. The van der Waals surface area contributed by atoms with Crippen molar-refractivity contribution in [1.29, 1.82) is 0 Å². The second-order valence-corrected chi connectivity index (χ2v) is 14.7. The number of nitrogens with two attached hydrogens (primary N) is 4. The van der Waals surface area contributed by atoms with E-state index in [-0.39, 0.29) is 56.4 Å². The summed E-state index contributed by atoms with van der Waals surface area (Å²) in [5.41, 5.74) is 24.7. The Bertz CT molecular complexity index is 1910. The topological polar surface area (TPSA) is 306 Å². The van der Waals surface area contributed by atoms with Gasteiger partial charge in [0.2, 0.25) is 35.4 Å². The maximum atomic E-state index is 14.2. The monoisotopic (exact) mass is 789 g/mol. The number of primary amides is 1. The number of fused-ring (bicyclic) bond motifs is 1. The van der Waals surface area contributed by atoms with Crippen molar-refractivity contribution in [1.82, 2.24) is 31.2 Å². The first kappa shape index (κ1) is 43.6. The number of para-hydroxylation sites is 1. The predicted octanol–water partition coefficient (Wildman–Crippen LogP) is -0.867. The van der Waals surface area contributed by atoms with Crippen molar-refractivity contribution in [3.8, 4) is 5.75 Å². The minimum absolute atomic E-state index is 0.0591. The first-order chi connectivity index (χ1) is 27.1. The number of nitrogens with one attached hydrogen (secondary N) is 5. The number of hydrogen-bond acceptors (Lipinski definition) is 9. The Morgan fingerprint density at radius 2 is 1.56 bits per heavy atom. The molecule has 57 heavy (non-hydrogen) atoms. The number of benzene rings is 2. The number of carbonyl (C=O) groups is 6. The lowest BCUT2D eigenvalue weighted by Gasteiger charge is -2.30. The van der Waals surface area contributed by atoms with Crippen LogP contribution in [-0.2, 0) is 41.6 Å². The number of H-pyrrole nitrogens is 1. The van der Waals surface area contributed by atoms with Gasteiger partial charge in [0.25, 0.3) is 0 Å². The number of amides is 6. The molecule has 1 aromatic heterocycles. The van der Waals surface area contributed by atoms with Crippen molar-refractivity contribution in [2.75, 3.05) is 19.6 Å². The molecule has 2 heterocycles. The quantitative estimate of drug-likeness (QED) is 0.0384. The maximum Gasteiger partial charge on any atom is 0.245 e. The maximum absolute atomic E-state index is 14.2. The molecule has 0 saturated carbocycles. The molecule has 3 aromatic rings. The Balaban J connectivity index is 1.56. The van der Waals surface area contributed by atoms with Gasteiger partial charge in [0.05, 0.1) is 12.6 Å². The van der Waals surface area contributed by atoms with E-state index >= 15 is 0 Å². The molecule has 18 heteroatoms. The molecule has 1 saturated heterocycles. The van der Waals surface area contributed by atoms with Crippen LogP contribution in [0.2, 0.25) is 0 Å². The molecule has 1 aliphatic heterocycles. The molecular formula is C39H55N11O7. The molecule has 6 amide bonds. The summed E-state index contributed by atoms with van der Waals surface area (Å²) in [5, 5.41) is 21.4. The number of phenols is 1. The van der Waals surface area contributed by atoms with Gasteiger partial charge in [0, 0.05) is 36.6 Å². The van der Waals surface area contributed by atoms with Gasteiger partial charge >= 0.3 is 0 Å². The summed E-state index contributed by atoms with van der Waals surface area (Å²) in [5.74, 6) is -3.84. The summed E-state index contributed by atoms with van der Waals surface area (Å²) in [6.45, 7) is 3.76. The standard InChI is InChI=1S/C39H55N11O7/c1-22(2)17-30(35(54)47-29(9-5-15-44-39(42)43)38(57)50-16-6-10-32(50)37(56)46-21-33(41)52)49-36(55)31(19-24-20-45-28-8-4-3-7-26(24)28)48-34(53)27(40)18-23-11-13-25(51)14-12-23/h3-4,7-8,11-14,20,22,27,29-32,45,51H,5-6,9-10,15-19,21,40H2,1-2H3,(H2,41,52)(H,46,56)(H,47,54)(H,48,53)(H,49,55)(H4,42,43,44)/t27-,29-,30-,31+,32-/m0/s1. The predicted molar refractivity (Wildman–Crippen MR) is 214 cm³/mol. The van der Waals surface area contributed by atoms with E-state index in [1.165, 1.54) is 17.0 Å². The summed E-state index contributed by atoms with van der Waals surface area (Å²) in [6, 6.07) is 8.44. The average molecular weight is 790 g/mol. The Morgan fingerprint density at radius 1 is 0.895 bits per heavy atom. The van der Waals surface area contributed by atoms with Gasteiger partial charge in [-0.3, -0.25) is 33.8 Å². The fourth-order valence-corrected chi connectivity index (χ4v) is 6.79. The van der Waals surface area contributed by atoms with Crippen LogP contribution in [0.5, 0.6) is 5.75 Å². The largest absolute Gasteiger partial charge is 0.508 e. The zero-order valence-corrected chi connectivity index (χ0v) is 32.3. The third-order valence-corrected chi connectivity index (χ3v) is 9.64. The number of aromatic nitrogens is 1. The molecule has 0 unspecified atom stereocenters. The highest BCUT2D eigenvalue weighted by atomic mass is 16.3. The highest BCUT2D eigenvalue weighted by Gasteiger charge is 2.39. The number of aliphatic imine (C=N–C) groups is 1. The number of rotatable bonds is 20. The van der Waals surface area contributed by atoms with Crippen molar-refractivity contribution < 1.29 is 33.9 Å². The zero-order valence-electron chi connectivity index (χ0n) is 32.3. The molecular weight excluding hydrogens is 734 g/mol. The van der Waals surface area contributed by atoms with Crippen molar-refractivity contribution in [3.63, 3.8) is 0 Å². The van der Waals surface area contributed by atoms with Gasteiger partial charge in [-0.2, -0.15) is 0 Å². The summed E-state index contributed by atoms with van der Waals surface area (Å²) >= 11 is 0. The van der Waals surface area contributed by atoms with Gasteiger partial charge < -0.3 is 59.2 Å². The minimum Gasteiger partial charge on any atom is -0.508 e. The molecule has 0 bridgehead atoms. The van der Waals surface area contributed by atoms with Crippen LogP contribution >= 0.6 is 0 Å². The lowest BCUT2D eigenvalue weighted by molar-refractivity contribution is -0.142. The highest BCUT2D eigenvalue weighted by Crippen LogP contribution is 2.22. The molecule has 5 atom stereocenters. The Morgan fingerprint density at radius 3 is 2.25 bits per heavy atom. The summed E-state index contributed by atoms with van der Waals surface area (Å²) < 4.78 is 0. The molecule has 308 valence electrons. The molecule has 2 aromatic carbocycles. The summed E-state index contributed by atoms with van der Waals surface area (Å²) in [7, 11) is 0. The van der Waals surface area contributed by atoms with Crippen molar-refractivity contribution in [2.45, 2.75) is 89.0 Å². The second-order valence-electron chi connectivity index (χ2n) is 14.7. The van der Waals surface area contributed by atoms with Crippen LogP contribution in [0.3, 0.4) is 0 Å². The smallest absolute Gasteiger partial charge is 0.245 e. The second kappa shape index (κ2) is 20.7. The first-order valence-electron chi connectivity index (χ1n) is 19.0. The van der Waals surface area contributed by atoms with E-state index in [0.29, 0.717) is 24.8 Å². The van der Waals surface area contributed by atoms with E-state index in [9.17, 15) is 33.9 Å². The van der Waals surface area contributed by atoms with Crippen LogP contribution in [0.4, 0.5) is 0 Å². The number of likely N-dealkylation sites (tertiary alicyclic amines) is 1. The zero-order chi connectivity index (χ0) is 41.6. The Labute approximate surface area is 330 Å². The summed E-state index contributed by atoms with van der Waals surface area (Å²) in [6.07, 6.45) is 3.40. The molecule has 4 rings (SSSR count). The van der Waals surface area contributed by atoms with Gasteiger partial charge in [-0.25, -0.2) is 0 Å².